The van der Waals surface area contributed by atoms with Crippen molar-refractivity contribution < 1.29 is 13.9 Å². The summed E-state index contributed by atoms with van der Waals surface area (Å²) in [7, 11) is 0. The Hall–Kier alpha value is -1.88. The summed E-state index contributed by atoms with van der Waals surface area (Å²) in [6.07, 6.45) is 0.597. The van der Waals surface area contributed by atoms with Gasteiger partial charge in [0.25, 0.3) is 0 Å². The Balaban J connectivity index is 1.72. The van der Waals surface area contributed by atoms with E-state index < -0.39 is 5.82 Å². The number of hydrogen-bond acceptors (Lipinski definition) is 2. The lowest BCUT2D eigenvalue weighted by molar-refractivity contribution is -0.121. The van der Waals surface area contributed by atoms with Gasteiger partial charge in [-0.15, -0.1) is 0 Å². The zero-order valence-electron chi connectivity index (χ0n) is 11.1. The average Bonchev–Trinajstić information content (AvgIpc) is 2.49. The van der Waals surface area contributed by atoms with E-state index in [-0.39, 0.29) is 17.5 Å². The molecule has 2 aromatic carbocycles. The molecule has 0 saturated carbocycles. The Morgan fingerprint density at radius 3 is 2.90 bits per heavy atom. The minimum absolute atomic E-state index is 0.182. The van der Waals surface area contributed by atoms with Crippen molar-refractivity contribution in [2.45, 2.75) is 6.42 Å². The smallest absolute Gasteiger partial charge is 0.231 e. The topological polar surface area (TPSA) is 38.3 Å². The second kappa shape index (κ2) is 5.85. The Morgan fingerprint density at radius 2 is 2.10 bits per heavy atom. The van der Waals surface area contributed by atoms with Crippen LogP contribution in [-0.4, -0.2) is 12.5 Å². The molecule has 1 atom stereocenters. The third-order valence-electron chi connectivity index (χ3n) is 3.44. The number of carbonyl (C=O) groups excluding carboxylic acids is 1. The molecule has 3 rings (SSSR count). The number of halogens is 2. The molecule has 3 nitrogen and oxygen atoms in total. The van der Waals surface area contributed by atoms with E-state index in [1.807, 2.05) is 24.3 Å². The summed E-state index contributed by atoms with van der Waals surface area (Å²) >= 11 is 3.18. The Morgan fingerprint density at radius 1 is 1.29 bits per heavy atom. The van der Waals surface area contributed by atoms with E-state index in [0.29, 0.717) is 17.5 Å². The Bertz CT molecular complexity index is 690. The Labute approximate surface area is 130 Å². The number of para-hydroxylation sites is 1. The second-order valence-corrected chi connectivity index (χ2v) is 5.85. The highest BCUT2D eigenvalue weighted by atomic mass is 79.9. The highest BCUT2D eigenvalue weighted by Gasteiger charge is 2.26. The summed E-state index contributed by atoms with van der Waals surface area (Å²) in [6, 6.07) is 12.2. The van der Waals surface area contributed by atoms with E-state index >= 15 is 0 Å². The van der Waals surface area contributed by atoms with Gasteiger partial charge in [-0.05, 0) is 36.2 Å². The van der Waals surface area contributed by atoms with Crippen molar-refractivity contribution in [3.63, 3.8) is 0 Å². The number of nitrogens with one attached hydrogen (secondary N) is 1. The van der Waals surface area contributed by atoms with Crippen LogP contribution in [-0.2, 0) is 11.2 Å². The van der Waals surface area contributed by atoms with Crippen LogP contribution >= 0.6 is 15.9 Å². The molecule has 0 bridgehead atoms. The first kappa shape index (κ1) is 14.1. The van der Waals surface area contributed by atoms with Gasteiger partial charge in [-0.1, -0.05) is 34.1 Å². The molecule has 1 unspecified atom stereocenters. The van der Waals surface area contributed by atoms with Gasteiger partial charge < -0.3 is 10.1 Å². The van der Waals surface area contributed by atoms with Gasteiger partial charge in [-0.25, -0.2) is 4.39 Å². The number of fused-ring (bicyclic) bond motifs is 1. The molecule has 21 heavy (non-hydrogen) atoms. The van der Waals surface area contributed by atoms with E-state index in [4.69, 9.17) is 4.74 Å². The van der Waals surface area contributed by atoms with Gasteiger partial charge in [0, 0.05) is 4.47 Å². The summed E-state index contributed by atoms with van der Waals surface area (Å²) in [5, 5.41) is 2.62. The fourth-order valence-electron chi connectivity index (χ4n) is 2.32. The molecule has 0 spiro atoms. The molecule has 0 saturated heterocycles. The first-order chi connectivity index (χ1) is 10.1. The summed E-state index contributed by atoms with van der Waals surface area (Å²) < 4.78 is 20.0. The number of carbonyl (C=O) groups is 1. The predicted octanol–water partition coefficient (Wildman–Crippen LogP) is 3.78. The highest BCUT2D eigenvalue weighted by molar-refractivity contribution is 9.10. The molecule has 1 heterocycles. The van der Waals surface area contributed by atoms with Gasteiger partial charge in [0.15, 0.2) is 0 Å². The van der Waals surface area contributed by atoms with Crippen LogP contribution < -0.4 is 10.1 Å². The lowest BCUT2D eigenvalue weighted by Crippen LogP contribution is -2.32. The number of ether oxygens (including phenoxy) is 1. The van der Waals surface area contributed by atoms with Crippen LogP contribution in [0.15, 0.2) is 46.9 Å². The van der Waals surface area contributed by atoms with Crippen molar-refractivity contribution in [3.8, 4) is 5.75 Å². The second-order valence-electron chi connectivity index (χ2n) is 4.93. The molecule has 0 radical (unpaired) electrons. The molecular weight excluding hydrogens is 337 g/mol. The van der Waals surface area contributed by atoms with Crippen LogP contribution in [0.25, 0.3) is 0 Å². The molecule has 0 aromatic heterocycles. The molecular formula is C16H13BrFNO2. The number of benzene rings is 2. The van der Waals surface area contributed by atoms with Crippen LogP contribution in [0, 0.1) is 11.7 Å². The van der Waals surface area contributed by atoms with Crippen molar-refractivity contribution in [2.75, 3.05) is 11.9 Å². The van der Waals surface area contributed by atoms with Crippen molar-refractivity contribution in [1.82, 2.24) is 0 Å². The quantitative estimate of drug-likeness (QED) is 0.895. The monoisotopic (exact) mass is 349 g/mol. The normalized spacial score (nSPS) is 16.8. The largest absolute Gasteiger partial charge is 0.492 e. The summed E-state index contributed by atoms with van der Waals surface area (Å²) in [5.74, 6) is -0.195. The van der Waals surface area contributed by atoms with Crippen LogP contribution in [0.2, 0.25) is 0 Å². The zero-order valence-corrected chi connectivity index (χ0v) is 12.7. The molecule has 1 aliphatic heterocycles. The highest BCUT2D eigenvalue weighted by Crippen LogP contribution is 2.28. The van der Waals surface area contributed by atoms with Crippen molar-refractivity contribution in [1.29, 1.82) is 0 Å². The fraction of sp³-hybridized carbons (Fsp3) is 0.188. The molecule has 2 aromatic rings. The average molecular weight is 350 g/mol. The third kappa shape index (κ3) is 3.08. The van der Waals surface area contributed by atoms with E-state index in [2.05, 4.69) is 21.2 Å². The van der Waals surface area contributed by atoms with Crippen molar-refractivity contribution in [3.05, 3.63) is 58.3 Å². The third-order valence-corrected chi connectivity index (χ3v) is 3.93. The maximum absolute atomic E-state index is 13.7. The van der Waals surface area contributed by atoms with E-state index in [0.717, 1.165) is 11.3 Å². The summed E-state index contributed by atoms with van der Waals surface area (Å²) in [6.45, 7) is 0.307. The number of amides is 1. The van der Waals surface area contributed by atoms with E-state index in [9.17, 15) is 9.18 Å². The molecule has 1 amide bonds. The first-order valence-electron chi connectivity index (χ1n) is 6.60. The van der Waals surface area contributed by atoms with E-state index in [1.54, 1.807) is 6.07 Å². The lowest BCUT2D eigenvalue weighted by Gasteiger charge is -2.24. The molecule has 0 aliphatic carbocycles. The lowest BCUT2D eigenvalue weighted by atomic mass is 9.96. The molecule has 108 valence electrons. The van der Waals surface area contributed by atoms with Gasteiger partial charge in [0.1, 0.15) is 18.2 Å². The van der Waals surface area contributed by atoms with Crippen LogP contribution in [0.5, 0.6) is 5.75 Å². The van der Waals surface area contributed by atoms with Gasteiger partial charge >= 0.3 is 0 Å². The van der Waals surface area contributed by atoms with E-state index in [1.165, 1.54) is 12.1 Å². The van der Waals surface area contributed by atoms with Gasteiger partial charge in [-0.3, -0.25) is 4.79 Å². The standard InChI is InChI=1S/C16H13BrFNO2/c17-12-5-6-14(13(18)8-12)19-16(20)11-7-10-3-1-2-4-15(10)21-9-11/h1-6,8,11H,7,9H2,(H,19,20). The fourth-order valence-corrected chi connectivity index (χ4v) is 2.66. The predicted molar refractivity (Wildman–Crippen MR) is 81.9 cm³/mol. The van der Waals surface area contributed by atoms with Gasteiger partial charge in [0.2, 0.25) is 5.91 Å². The molecule has 5 heteroatoms. The summed E-state index contributed by atoms with van der Waals surface area (Å²) in [4.78, 5) is 12.2. The minimum Gasteiger partial charge on any atom is -0.492 e. The molecule has 1 N–H and O–H groups in total. The molecule has 1 aliphatic rings. The number of rotatable bonds is 2. The van der Waals surface area contributed by atoms with Crippen LogP contribution in [0.1, 0.15) is 5.56 Å². The van der Waals surface area contributed by atoms with Crippen LogP contribution in [0.4, 0.5) is 10.1 Å². The van der Waals surface area contributed by atoms with Gasteiger partial charge in [-0.2, -0.15) is 0 Å². The minimum atomic E-state index is -0.463. The number of hydrogen-bond donors (Lipinski definition) is 1. The Kier molecular flexibility index (Phi) is 3.92. The van der Waals surface area contributed by atoms with Crippen LogP contribution in [0.3, 0.4) is 0 Å². The molecule has 0 fully saturated rings. The summed E-state index contributed by atoms with van der Waals surface area (Å²) in [5.41, 5.74) is 1.18. The maximum atomic E-state index is 13.7. The van der Waals surface area contributed by atoms with Crippen molar-refractivity contribution >= 4 is 27.5 Å². The van der Waals surface area contributed by atoms with Gasteiger partial charge in [0.05, 0.1) is 11.6 Å². The SMILES string of the molecule is O=C(Nc1ccc(Br)cc1F)C1COc2ccccc2C1. The van der Waals surface area contributed by atoms with Crippen molar-refractivity contribution in [2.24, 2.45) is 5.92 Å². The maximum Gasteiger partial charge on any atom is 0.231 e. The zero-order chi connectivity index (χ0) is 14.8. The first-order valence-corrected chi connectivity index (χ1v) is 7.39. The number of anilines is 1.